The second-order valence-corrected chi connectivity index (χ2v) is 20.7. The van der Waals surface area contributed by atoms with Crippen molar-refractivity contribution in [2.24, 2.45) is 5.41 Å². The summed E-state index contributed by atoms with van der Waals surface area (Å²) < 4.78 is 221. The number of alkyl halides is 13. The van der Waals surface area contributed by atoms with Gasteiger partial charge in [0.15, 0.2) is 0 Å². The van der Waals surface area contributed by atoms with Crippen LogP contribution in [0.1, 0.15) is 70.6 Å². The SMILES string of the molecule is CO[SiH](CCCC(CCCCC(F)(F)COCC(F)(F)OC(F)(F)CC(F)(F)COCC(F)(F)OC(F)(F)F)(CCC[SiH](OC)OC)CCC[SiH](OC)OC)OC. The molecule has 344 valence electrons. The molecule has 0 bridgehead atoms. The zero-order chi connectivity index (χ0) is 44.0. The van der Waals surface area contributed by atoms with Gasteiger partial charge in [0.25, 0.3) is 11.8 Å². The van der Waals surface area contributed by atoms with Gasteiger partial charge in [-0.25, -0.2) is 22.3 Å². The molecule has 0 aromatic heterocycles. The maximum Gasteiger partial charge on any atom is 0.527 e. The number of unbranched alkanes of at least 4 members (excludes halogenated alkanes) is 1. The van der Waals surface area contributed by atoms with Crippen molar-refractivity contribution in [1.82, 2.24) is 0 Å². The molecule has 0 aromatic rings. The molecule has 0 radical (unpaired) electrons. The molecular weight excluding hydrogens is 864 g/mol. The van der Waals surface area contributed by atoms with Gasteiger partial charge in [0.2, 0.25) is 0 Å². The Morgan fingerprint density at radius 1 is 0.368 bits per heavy atom. The van der Waals surface area contributed by atoms with E-state index in [4.69, 9.17) is 26.6 Å². The molecular formula is C31H57F13O10Si3. The van der Waals surface area contributed by atoms with Gasteiger partial charge in [0, 0.05) is 49.1 Å². The zero-order valence-corrected chi connectivity index (χ0v) is 36.4. The molecule has 0 N–H and O–H groups in total. The third-order valence-electron chi connectivity index (χ3n) is 8.71. The monoisotopic (exact) mass is 920 g/mol. The molecule has 0 atom stereocenters. The normalized spacial score (nSPS) is 14.2. The predicted molar refractivity (Wildman–Crippen MR) is 186 cm³/mol. The van der Waals surface area contributed by atoms with Crippen LogP contribution in [0.5, 0.6) is 0 Å². The Kier molecular flexibility index (Phi) is 26.3. The molecule has 0 unspecified atom stereocenters. The van der Waals surface area contributed by atoms with Crippen LogP contribution in [0.4, 0.5) is 57.1 Å². The third-order valence-corrected chi connectivity index (χ3v) is 14.5. The molecule has 0 aromatic carbocycles. The summed E-state index contributed by atoms with van der Waals surface area (Å²) in [5.41, 5.74) is -0.284. The van der Waals surface area contributed by atoms with Crippen molar-refractivity contribution >= 4 is 27.9 Å². The molecule has 0 heterocycles. The van der Waals surface area contributed by atoms with E-state index in [1.807, 2.05) is 0 Å². The fourth-order valence-electron chi connectivity index (χ4n) is 6.11. The molecule has 0 saturated carbocycles. The fraction of sp³-hybridized carbons (Fsp3) is 1.00. The Morgan fingerprint density at radius 2 is 0.702 bits per heavy atom. The predicted octanol–water partition coefficient (Wildman–Crippen LogP) is 8.44. The van der Waals surface area contributed by atoms with Crippen molar-refractivity contribution in [3.8, 4) is 0 Å². The quantitative estimate of drug-likeness (QED) is 0.0347. The van der Waals surface area contributed by atoms with E-state index < -0.39 is 104 Å². The van der Waals surface area contributed by atoms with Gasteiger partial charge in [0.1, 0.15) is 32.8 Å². The molecule has 0 amide bonds. The minimum atomic E-state index is -5.90. The molecule has 0 saturated heterocycles. The summed E-state index contributed by atoms with van der Waals surface area (Å²) in [7, 11) is 3.80. The van der Waals surface area contributed by atoms with Gasteiger partial charge in [-0.15, -0.1) is 13.2 Å². The van der Waals surface area contributed by atoms with Crippen molar-refractivity contribution in [3.63, 3.8) is 0 Å². The third kappa shape index (κ3) is 27.7. The molecule has 0 aliphatic rings. The van der Waals surface area contributed by atoms with E-state index in [0.29, 0.717) is 31.0 Å². The Bertz CT molecular complexity index is 1000. The lowest BCUT2D eigenvalue weighted by atomic mass is 9.72. The lowest BCUT2D eigenvalue weighted by Gasteiger charge is -2.36. The lowest BCUT2D eigenvalue weighted by Crippen LogP contribution is -2.43. The minimum absolute atomic E-state index is 0.0664. The highest BCUT2D eigenvalue weighted by Gasteiger charge is 2.52. The smallest absolute Gasteiger partial charge is 0.400 e. The summed E-state index contributed by atoms with van der Waals surface area (Å²) in [6, 6.07) is 2.15. The van der Waals surface area contributed by atoms with Gasteiger partial charge in [-0.1, -0.05) is 25.7 Å². The van der Waals surface area contributed by atoms with Gasteiger partial charge >= 0.3 is 52.5 Å². The Labute approximate surface area is 330 Å². The van der Waals surface area contributed by atoms with E-state index in [9.17, 15) is 57.1 Å². The lowest BCUT2D eigenvalue weighted by molar-refractivity contribution is -0.432. The maximum atomic E-state index is 14.7. The van der Waals surface area contributed by atoms with Gasteiger partial charge < -0.3 is 36.0 Å². The highest BCUT2D eigenvalue weighted by atomic mass is 28.3. The minimum Gasteiger partial charge on any atom is -0.400 e. The molecule has 0 rings (SSSR count). The molecule has 0 spiro atoms. The molecule has 26 heteroatoms. The summed E-state index contributed by atoms with van der Waals surface area (Å²) >= 11 is 0. The summed E-state index contributed by atoms with van der Waals surface area (Å²) in [6.45, 7) is -8.66. The van der Waals surface area contributed by atoms with Crippen molar-refractivity contribution in [3.05, 3.63) is 0 Å². The van der Waals surface area contributed by atoms with Crippen LogP contribution in [0.3, 0.4) is 0 Å². The first kappa shape index (κ1) is 56.3. The van der Waals surface area contributed by atoms with Gasteiger partial charge in [-0.2, -0.15) is 26.3 Å². The molecule has 57 heavy (non-hydrogen) atoms. The fourth-order valence-corrected chi connectivity index (χ4v) is 9.71. The van der Waals surface area contributed by atoms with E-state index in [1.165, 1.54) is 0 Å². The Morgan fingerprint density at radius 3 is 1.07 bits per heavy atom. The largest absolute Gasteiger partial charge is 0.527 e. The average Bonchev–Trinajstić information content (AvgIpc) is 3.06. The topological polar surface area (TPSA) is 92.3 Å². The Balaban J connectivity index is 5.37. The first-order valence-electron chi connectivity index (χ1n) is 17.9. The van der Waals surface area contributed by atoms with Crippen molar-refractivity contribution in [2.45, 2.75) is 125 Å². The van der Waals surface area contributed by atoms with Crippen LogP contribution in [0.15, 0.2) is 0 Å². The van der Waals surface area contributed by atoms with Crippen LogP contribution in [-0.2, 0) is 45.5 Å². The first-order valence-corrected chi connectivity index (χ1v) is 23.2. The van der Waals surface area contributed by atoms with Crippen molar-refractivity contribution in [2.75, 3.05) is 69.1 Å². The summed E-state index contributed by atoms with van der Waals surface area (Å²) in [6.07, 6.45) is -20.0. The summed E-state index contributed by atoms with van der Waals surface area (Å²) in [5, 5.41) is 0. The van der Waals surface area contributed by atoms with E-state index in [0.717, 1.165) is 38.5 Å². The molecule has 10 nitrogen and oxygen atoms in total. The van der Waals surface area contributed by atoms with Crippen LogP contribution in [0.25, 0.3) is 0 Å². The number of hydrogen-bond donors (Lipinski definition) is 0. The van der Waals surface area contributed by atoms with Crippen molar-refractivity contribution < 1.29 is 103 Å². The summed E-state index contributed by atoms with van der Waals surface area (Å²) in [5.74, 6) is -8.59. The highest BCUT2D eigenvalue weighted by Crippen LogP contribution is 2.43. The maximum absolute atomic E-state index is 14.7. The van der Waals surface area contributed by atoms with Gasteiger partial charge in [0.05, 0.1) is 0 Å². The highest BCUT2D eigenvalue weighted by molar-refractivity contribution is 6.44. The van der Waals surface area contributed by atoms with Crippen LogP contribution >= 0.6 is 0 Å². The first-order chi connectivity index (χ1) is 26.2. The van der Waals surface area contributed by atoms with E-state index >= 15 is 0 Å². The van der Waals surface area contributed by atoms with Crippen molar-refractivity contribution in [1.29, 1.82) is 0 Å². The van der Waals surface area contributed by atoms with Crippen LogP contribution < -0.4 is 0 Å². The Hall–Kier alpha value is -0.659. The number of rotatable bonds is 36. The van der Waals surface area contributed by atoms with E-state index in [1.54, 1.807) is 42.7 Å². The van der Waals surface area contributed by atoms with E-state index in [-0.39, 0.29) is 11.8 Å². The molecule has 0 aliphatic heterocycles. The van der Waals surface area contributed by atoms with Gasteiger partial charge in [-0.3, -0.25) is 4.74 Å². The number of ether oxygens (including phenoxy) is 4. The number of hydrogen-bond acceptors (Lipinski definition) is 10. The van der Waals surface area contributed by atoms with E-state index in [2.05, 4.69) is 18.9 Å². The molecule has 0 aliphatic carbocycles. The average molecular weight is 921 g/mol. The second kappa shape index (κ2) is 26.6. The summed E-state index contributed by atoms with van der Waals surface area (Å²) in [4.78, 5) is 0. The van der Waals surface area contributed by atoms with Crippen LogP contribution in [0.2, 0.25) is 18.1 Å². The zero-order valence-electron chi connectivity index (χ0n) is 33.0. The molecule has 0 fully saturated rings. The second-order valence-electron chi connectivity index (χ2n) is 13.5. The number of halogens is 13. The standard InChI is InChI=1S/C31H57F13O10Si3/c1-45-55(46-2)17-9-13-25(14-10-18-56(47-3)48-4,15-11-19-57(49-5)50-6)12-7-8-16-26(32,33)21-51-23-29(38,39)53-28(36,37)20-27(34,35)22-52-24-30(40,41)54-31(42,43)44/h55-57H,7-24H2,1-6H3. The van der Waals surface area contributed by atoms with Crippen LogP contribution in [0, 0.1) is 5.41 Å². The van der Waals surface area contributed by atoms with Crippen LogP contribution in [-0.4, -0.2) is 133 Å². The van der Waals surface area contributed by atoms with Gasteiger partial charge in [-0.05, 0) is 55.7 Å².